The number of aryl methyl sites for hydroxylation is 1. The number of hydrogen-bond donors (Lipinski definition) is 2. The third-order valence-corrected chi connectivity index (χ3v) is 4.36. The van der Waals surface area contributed by atoms with Crippen LogP contribution in [0.3, 0.4) is 0 Å². The van der Waals surface area contributed by atoms with Crippen LogP contribution in [0, 0.1) is 6.92 Å². The van der Waals surface area contributed by atoms with Crippen molar-refractivity contribution in [3.05, 3.63) is 83.3 Å². The van der Waals surface area contributed by atoms with Crippen molar-refractivity contribution in [2.75, 3.05) is 5.32 Å². The van der Waals surface area contributed by atoms with Gasteiger partial charge in [0, 0.05) is 12.2 Å². The second-order valence-corrected chi connectivity index (χ2v) is 6.77. The van der Waals surface area contributed by atoms with Gasteiger partial charge in [-0.25, -0.2) is 9.97 Å². The molecule has 27 heavy (non-hydrogen) atoms. The van der Waals surface area contributed by atoms with E-state index in [9.17, 15) is 4.79 Å². The summed E-state index contributed by atoms with van der Waals surface area (Å²) in [4.78, 5) is 20.9. The van der Waals surface area contributed by atoms with Crippen molar-refractivity contribution in [1.29, 1.82) is 0 Å². The predicted octanol–water partition coefficient (Wildman–Crippen LogP) is 4.58. The highest BCUT2D eigenvalue weighted by molar-refractivity contribution is 5.92. The first-order chi connectivity index (χ1) is 13.0. The maximum Gasteiger partial charge on any atom is 0.271 e. The lowest BCUT2D eigenvalue weighted by atomic mass is 9.98. The van der Waals surface area contributed by atoms with Crippen molar-refractivity contribution in [1.82, 2.24) is 15.3 Å². The van der Waals surface area contributed by atoms with Gasteiger partial charge in [-0.3, -0.25) is 4.79 Å². The molecule has 5 nitrogen and oxygen atoms in total. The lowest BCUT2D eigenvalue weighted by Gasteiger charge is -2.16. The second kappa shape index (κ2) is 8.45. The van der Waals surface area contributed by atoms with E-state index in [1.165, 1.54) is 11.8 Å². The summed E-state index contributed by atoms with van der Waals surface area (Å²) in [6, 6.07) is 16.0. The molecule has 0 aliphatic heterocycles. The van der Waals surface area contributed by atoms with Crippen molar-refractivity contribution in [3.8, 4) is 0 Å². The van der Waals surface area contributed by atoms with Crippen LogP contribution in [0.15, 0.2) is 60.9 Å². The van der Waals surface area contributed by atoms with Gasteiger partial charge in [-0.15, -0.1) is 0 Å². The molecule has 0 aliphatic rings. The summed E-state index contributed by atoms with van der Waals surface area (Å²) in [5.74, 6) is 0.769. The van der Waals surface area contributed by atoms with Gasteiger partial charge < -0.3 is 10.6 Å². The number of anilines is 2. The Kier molecular flexibility index (Phi) is 5.81. The molecule has 3 aromatic rings. The molecular weight excluding hydrogens is 336 g/mol. The SMILES string of the molecule is Cc1cccc(C(C)C)c1Nc1cnc(C(=O)NCc2ccccc2)cn1. The lowest BCUT2D eigenvalue weighted by Crippen LogP contribution is -2.24. The molecule has 0 spiro atoms. The van der Waals surface area contributed by atoms with E-state index in [1.807, 2.05) is 30.3 Å². The van der Waals surface area contributed by atoms with Crippen LogP contribution in [-0.4, -0.2) is 15.9 Å². The van der Waals surface area contributed by atoms with E-state index in [0.29, 0.717) is 24.0 Å². The van der Waals surface area contributed by atoms with E-state index in [2.05, 4.69) is 59.6 Å². The smallest absolute Gasteiger partial charge is 0.271 e. The molecule has 2 aromatic carbocycles. The van der Waals surface area contributed by atoms with Crippen LogP contribution in [0.1, 0.15) is 46.9 Å². The van der Waals surface area contributed by atoms with E-state index in [-0.39, 0.29) is 5.91 Å². The number of nitrogens with one attached hydrogen (secondary N) is 2. The number of amides is 1. The summed E-state index contributed by atoms with van der Waals surface area (Å²) in [5, 5.41) is 6.20. The fourth-order valence-corrected chi connectivity index (χ4v) is 2.85. The van der Waals surface area contributed by atoms with Crippen LogP contribution in [0.5, 0.6) is 0 Å². The van der Waals surface area contributed by atoms with Crippen LogP contribution >= 0.6 is 0 Å². The van der Waals surface area contributed by atoms with Gasteiger partial charge in [0.1, 0.15) is 11.5 Å². The van der Waals surface area contributed by atoms with Crippen LogP contribution in [-0.2, 0) is 6.54 Å². The molecule has 1 heterocycles. The number of carbonyl (C=O) groups excluding carboxylic acids is 1. The number of carbonyl (C=O) groups is 1. The highest BCUT2D eigenvalue weighted by Crippen LogP contribution is 2.29. The van der Waals surface area contributed by atoms with Gasteiger partial charge in [0.25, 0.3) is 5.91 Å². The standard InChI is InChI=1S/C22H24N4O/c1-15(2)18-11-7-8-16(3)21(18)26-20-14-23-19(13-24-20)22(27)25-12-17-9-5-4-6-10-17/h4-11,13-15H,12H2,1-3H3,(H,24,26)(H,25,27). The van der Waals surface area contributed by atoms with E-state index < -0.39 is 0 Å². The lowest BCUT2D eigenvalue weighted by molar-refractivity contribution is 0.0945. The monoisotopic (exact) mass is 360 g/mol. The second-order valence-electron chi connectivity index (χ2n) is 6.77. The van der Waals surface area contributed by atoms with E-state index in [0.717, 1.165) is 16.8 Å². The number of hydrogen-bond acceptors (Lipinski definition) is 4. The van der Waals surface area contributed by atoms with Crippen LogP contribution in [0.25, 0.3) is 0 Å². The van der Waals surface area contributed by atoms with Gasteiger partial charge in [-0.05, 0) is 29.5 Å². The summed E-state index contributed by atoms with van der Waals surface area (Å²) in [6.07, 6.45) is 3.09. The fraction of sp³-hybridized carbons (Fsp3) is 0.227. The fourth-order valence-electron chi connectivity index (χ4n) is 2.85. The van der Waals surface area contributed by atoms with Crippen molar-refractivity contribution >= 4 is 17.4 Å². The molecule has 1 aromatic heterocycles. The first-order valence-electron chi connectivity index (χ1n) is 9.05. The predicted molar refractivity (Wildman–Crippen MR) is 108 cm³/mol. The first-order valence-corrected chi connectivity index (χ1v) is 9.05. The molecule has 138 valence electrons. The van der Waals surface area contributed by atoms with Crippen molar-refractivity contribution < 1.29 is 4.79 Å². The molecule has 0 unspecified atom stereocenters. The first kappa shape index (κ1) is 18.6. The van der Waals surface area contributed by atoms with Crippen molar-refractivity contribution in [2.45, 2.75) is 33.2 Å². The molecule has 0 saturated carbocycles. The minimum atomic E-state index is -0.239. The average Bonchev–Trinajstić information content (AvgIpc) is 2.69. The van der Waals surface area contributed by atoms with Crippen molar-refractivity contribution in [3.63, 3.8) is 0 Å². The van der Waals surface area contributed by atoms with Gasteiger partial charge >= 0.3 is 0 Å². The normalized spacial score (nSPS) is 10.7. The van der Waals surface area contributed by atoms with E-state index in [4.69, 9.17) is 0 Å². The summed E-state index contributed by atoms with van der Waals surface area (Å²) in [5.41, 5.74) is 4.75. The maximum atomic E-state index is 12.3. The zero-order valence-electron chi connectivity index (χ0n) is 15.9. The number of benzene rings is 2. The molecule has 3 rings (SSSR count). The Labute approximate surface area is 159 Å². The maximum absolute atomic E-state index is 12.3. The zero-order chi connectivity index (χ0) is 19.2. The molecule has 0 saturated heterocycles. The van der Waals surface area contributed by atoms with Crippen LogP contribution in [0.2, 0.25) is 0 Å². The quantitative estimate of drug-likeness (QED) is 0.675. The third kappa shape index (κ3) is 4.70. The van der Waals surface area contributed by atoms with Crippen molar-refractivity contribution in [2.24, 2.45) is 0 Å². The zero-order valence-corrected chi connectivity index (χ0v) is 15.9. The Bertz CT molecular complexity index is 905. The minimum absolute atomic E-state index is 0.239. The number of nitrogens with zero attached hydrogens (tertiary/aromatic N) is 2. The highest BCUT2D eigenvalue weighted by Gasteiger charge is 2.11. The van der Waals surface area contributed by atoms with Gasteiger partial charge in [0.2, 0.25) is 0 Å². The summed E-state index contributed by atoms with van der Waals surface area (Å²) < 4.78 is 0. The molecule has 0 bridgehead atoms. The number of rotatable bonds is 6. The topological polar surface area (TPSA) is 66.9 Å². The average molecular weight is 360 g/mol. The Hall–Kier alpha value is -3.21. The number of para-hydroxylation sites is 1. The van der Waals surface area contributed by atoms with Crippen LogP contribution < -0.4 is 10.6 Å². The largest absolute Gasteiger partial charge is 0.347 e. The van der Waals surface area contributed by atoms with Gasteiger partial charge in [0.05, 0.1) is 12.4 Å². The Morgan fingerprint density at radius 2 is 1.78 bits per heavy atom. The van der Waals surface area contributed by atoms with Crippen LogP contribution in [0.4, 0.5) is 11.5 Å². The van der Waals surface area contributed by atoms with Gasteiger partial charge in [-0.2, -0.15) is 0 Å². The summed E-state index contributed by atoms with van der Waals surface area (Å²) in [7, 11) is 0. The highest BCUT2D eigenvalue weighted by atomic mass is 16.1. The Morgan fingerprint density at radius 3 is 2.44 bits per heavy atom. The summed E-state index contributed by atoms with van der Waals surface area (Å²) in [6.45, 7) is 6.84. The van der Waals surface area contributed by atoms with E-state index >= 15 is 0 Å². The molecular formula is C22H24N4O. The molecule has 2 N–H and O–H groups in total. The number of aromatic nitrogens is 2. The molecule has 1 amide bonds. The molecule has 0 radical (unpaired) electrons. The van der Waals surface area contributed by atoms with Gasteiger partial charge in [-0.1, -0.05) is 62.4 Å². The minimum Gasteiger partial charge on any atom is -0.347 e. The van der Waals surface area contributed by atoms with Gasteiger partial charge in [0.15, 0.2) is 0 Å². The third-order valence-electron chi connectivity index (χ3n) is 4.36. The van der Waals surface area contributed by atoms with E-state index in [1.54, 1.807) is 6.20 Å². The molecule has 5 heteroatoms. The summed E-state index contributed by atoms with van der Waals surface area (Å²) >= 11 is 0. The molecule has 0 fully saturated rings. The Morgan fingerprint density at radius 1 is 1.00 bits per heavy atom. The Balaban J connectivity index is 1.68. The molecule has 0 atom stereocenters. The molecule has 0 aliphatic carbocycles.